The van der Waals surface area contributed by atoms with Crippen LogP contribution < -0.4 is 10.2 Å². The normalized spacial score (nSPS) is 15.4. The SMILES string of the molecule is O=Cc1ccc(N2CC(NC(=O)O)C2)cc1. The number of hydrogen-bond acceptors (Lipinski definition) is 3. The van der Waals surface area contributed by atoms with Gasteiger partial charge in [-0.25, -0.2) is 4.79 Å². The summed E-state index contributed by atoms with van der Waals surface area (Å²) in [6, 6.07) is 7.23. The van der Waals surface area contributed by atoms with Crippen molar-refractivity contribution < 1.29 is 14.7 Å². The number of amides is 1. The molecule has 5 heteroatoms. The number of nitrogens with one attached hydrogen (secondary N) is 1. The molecule has 1 aromatic carbocycles. The number of carbonyl (C=O) groups excluding carboxylic acids is 1. The lowest BCUT2D eigenvalue weighted by Gasteiger charge is -2.40. The Balaban J connectivity index is 1.91. The van der Waals surface area contributed by atoms with Crippen LogP contribution in [0.25, 0.3) is 0 Å². The van der Waals surface area contributed by atoms with Gasteiger partial charge in [0.05, 0.1) is 6.04 Å². The molecule has 2 N–H and O–H groups in total. The molecule has 2 rings (SSSR count). The molecule has 0 unspecified atom stereocenters. The van der Waals surface area contributed by atoms with Gasteiger partial charge in [0.1, 0.15) is 6.29 Å². The van der Waals surface area contributed by atoms with E-state index in [9.17, 15) is 9.59 Å². The molecule has 0 bridgehead atoms. The van der Waals surface area contributed by atoms with Gasteiger partial charge < -0.3 is 15.3 Å². The van der Waals surface area contributed by atoms with Gasteiger partial charge in [-0.2, -0.15) is 0 Å². The van der Waals surface area contributed by atoms with Crippen molar-refractivity contribution in [3.63, 3.8) is 0 Å². The predicted molar refractivity (Wildman–Crippen MR) is 59.0 cm³/mol. The van der Waals surface area contributed by atoms with Crippen molar-refractivity contribution in [3.05, 3.63) is 29.8 Å². The molecule has 0 aliphatic carbocycles. The highest BCUT2D eigenvalue weighted by Gasteiger charge is 2.27. The van der Waals surface area contributed by atoms with Gasteiger partial charge in [-0.1, -0.05) is 0 Å². The molecule has 16 heavy (non-hydrogen) atoms. The van der Waals surface area contributed by atoms with E-state index in [4.69, 9.17) is 5.11 Å². The quantitative estimate of drug-likeness (QED) is 0.744. The molecule has 1 aliphatic heterocycles. The number of anilines is 1. The number of carbonyl (C=O) groups is 2. The lowest BCUT2D eigenvalue weighted by Crippen LogP contribution is -2.59. The molecule has 1 fully saturated rings. The van der Waals surface area contributed by atoms with Gasteiger partial charge >= 0.3 is 6.09 Å². The summed E-state index contributed by atoms with van der Waals surface area (Å²) in [6.07, 6.45) is -0.185. The van der Waals surface area contributed by atoms with Crippen LogP contribution in [0.3, 0.4) is 0 Å². The predicted octanol–water partition coefficient (Wildman–Crippen LogP) is 0.955. The summed E-state index contributed by atoms with van der Waals surface area (Å²) >= 11 is 0. The van der Waals surface area contributed by atoms with E-state index in [1.807, 2.05) is 12.1 Å². The molecule has 1 saturated heterocycles. The first-order valence-corrected chi connectivity index (χ1v) is 4.98. The zero-order valence-electron chi connectivity index (χ0n) is 8.59. The fourth-order valence-electron chi connectivity index (χ4n) is 1.72. The highest BCUT2D eigenvalue weighted by Crippen LogP contribution is 2.20. The lowest BCUT2D eigenvalue weighted by atomic mass is 10.1. The first kappa shape index (κ1) is 10.5. The summed E-state index contributed by atoms with van der Waals surface area (Å²) < 4.78 is 0. The van der Waals surface area contributed by atoms with Gasteiger partial charge in [0.15, 0.2) is 0 Å². The standard InChI is InChI=1S/C11H12N2O3/c14-7-8-1-3-10(4-2-8)13-5-9(6-13)12-11(15)16/h1-4,7,9,12H,5-6H2,(H,15,16). The second-order valence-corrected chi connectivity index (χ2v) is 3.76. The largest absolute Gasteiger partial charge is 0.465 e. The molecule has 0 aromatic heterocycles. The summed E-state index contributed by atoms with van der Waals surface area (Å²) in [6.45, 7) is 1.35. The highest BCUT2D eigenvalue weighted by atomic mass is 16.4. The Bertz CT molecular complexity index is 396. The third-order valence-electron chi connectivity index (χ3n) is 2.60. The van der Waals surface area contributed by atoms with Crippen molar-refractivity contribution in [2.24, 2.45) is 0 Å². The van der Waals surface area contributed by atoms with Gasteiger partial charge in [-0.3, -0.25) is 4.79 Å². The number of carboxylic acid groups (broad SMARTS) is 1. The van der Waals surface area contributed by atoms with Crippen molar-refractivity contribution in [3.8, 4) is 0 Å². The van der Waals surface area contributed by atoms with Crippen LogP contribution in [-0.2, 0) is 0 Å². The summed E-state index contributed by atoms with van der Waals surface area (Å²) in [5.74, 6) is 0. The van der Waals surface area contributed by atoms with E-state index >= 15 is 0 Å². The smallest absolute Gasteiger partial charge is 0.405 e. The lowest BCUT2D eigenvalue weighted by molar-refractivity contribution is 0.112. The minimum Gasteiger partial charge on any atom is -0.465 e. The zero-order chi connectivity index (χ0) is 11.5. The fourth-order valence-corrected chi connectivity index (χ4v) is 1.72. The van der Waals surface area contributed by atoms with Crippen molar-refractivity contribution in [1.82, 2.24) is 5.32 Å². The van der Waals surface area contributed by atoms with Crippen molar-refractivity contribution in [1.29, 1.82) is 0 Å². The molecule has 0 spiro atoms. The van der Waals surface area contributed by atoms with Crippen LogP contribution in [0.2, 0.25) is 0 Å². The van der Waals surface area contributed by atoms with E-state index < -0.39 is 6.09 Å². The summed E-state index contributed by atoms with van der Waals surface area (Å²) in [5.41, 5.74) is 1.65. The highest BCUT2D eigenvalue weighted by molar-refractivity contribution is 5.75. The molecule has 1 heterocycles. The summed E-state index contributed by atoms with van der Waals surface area (Å²) in [7, 11) is 0. The van der Waals surface area contributed by atoms with E-state index in [0.29, 0.717) is 18.7 Å². The van der Waals surface area contributed by atoms with Crippen LogP contribution in [0.1, 0.15) is 10.4 Å². The fraction of sp³-hybridized carbons (Fsp3) is 0.273. The van der Waals surface area contributed by atoms with Gasteiger partial charge in [0, 0.05) is 24.3 Å². The van der Waals surface area contributed by atoms with Crippen LogP contribution in [0.4, 0.5) is 10.5 Å². The number of benzene rings is 1. The van der Waals surface area contributed by atoms with E-state index in [1.165, 1.54) is 0 Å². The van der Waals surface area contributed by atoms with E-state index in [2.05, 4.69) is 10.2 Å². The Kier molecular flexibility index (Phi) is 2.76. The third-order valence-corrected chi connectivity index (χ3v) is 2.60. The molecule has 1 aromatic rings. The topological polar surface area (TPSA) is 69.6 Å². The van der Waals surface area contributed by atoms with E-state index in [-0.39, 0.29) is 6.04 Å². The maximum absolute atomic E-state index is 10.5. The summed E-state index contributed by atoms with van der Waals surface area (Å²) in [4.78, 5) is 22.9. The Hall–Kier alpha value is -2.04. The van der Waals surface area contributed by atoms with Crippen molar-refractivity contribution in [2.45, 2.75) is 6.04 Å². The van der Waals surface area contributed by atoms with Gasteiger partial charge in [0.2, 0.25) is 0 Å². The van der Waals surface area contributed by atoms with Crippen LogP contribution in [0, 0.1) is 0 Å². The van der Waals surface area contributed by atoms with Crippen LogP contribution >= 0.6 is 0 Å². The van der Waals surface area contributed by atoms with Crippen LogP contribution in [0.15, 0.2) is 24.3 Å². The van der Waals surface area contributed by atoms with Crippen LogP contribution in [-0.4, -0.2) is 36.6 Å². The van der Waals surface area contributed by atoms with Gasteiger partial charge in [-0.05, 0) is 24.3 Å². The molecular formula is C11H12N2O3. The molecule has 1 amide bonds. The Morgan fingerprint density at radius 2 is 2.00 bits per heavy atom. The average molecular weight is 220 g/mol. The number of hydrogen-bond donors (Lipinski definition) is 2. The maximum Gasteiger partial charge on any atom is 0.405 e. The minimum absolute atomic E-state index is 0.00301. The Morgan fingerprint density at radius 1 is 1.38 bits per heavy atom. The average Bonchev–Trinajstić information content (AvgIpc) is 2.23. The summed E-state index contributed by atoms with van der Waals surface area (Å²) in [5, 5.41) is 10.9. The third kappa shape index (κ3) is 2.13. The maximum atomic E-state index is 10.5. The Morgan fingerprint density at radius 3 is 2.50 bits per heavy atom. The Labute approximate surface area is 92.7 Å². The monoisotopic (exact) mass is 220 g/mol. The molecule has 1 aliphatic rings. The minimum atomic E-state index is -0.985. The molecule has 0 atom stereocenters. The van der Waals surface area contributed by atoms with Crippen molar-refractivity contribution in [2.75, 3.05) is 18.0 Å². The molecular weight excluding hydrogens is 208 g/mol. The molecule has 5 nitrogen and oxygen atoms in total. The second-order valence-electron chi connectivity index (χ2n) is 3.76. The van der Waals surface area contributed by atoms with Gasteiger partial charge in [-0.15, -0.1) is 0 Å². The molecule has 84 valence electrons. The van der Waals surface area contributed by atoms with Crippen molar-refractivity contribution >= 4 is 18.1 Å². The molecule has 0 radical (unpaired) electrons. The zero-order valence-corrected chi connectivity index (χ0v) is 8.59. The van der Waals surface area contributed by atoms with E-state index in [0.717, 1.165) is 12.0 Å². The number of nitrogens with zero attached hydrogens (tertiary/aromatic N) is 1. The number of aldehydes is 1. The first-order valence-electron chi connectivity index (χ1n) is 4.98. The molecule has 0 saturated carbocycles. The van der Waals surface area contributed by atoms with Gasteiger partial charge in [0.25, 0.3) is 0 Å². The van der Waals surface area contributed by atoms with Crippen LogP contribution in [0.5, 0.6) is 0 Å². The van der Waals surface area contributed by atoms with E-state index in [1.54, 1.807) is 12.1 Å². The second kappa shape index (κ2) is 4.22. The first-order chi connectivity index (χ1) is 7.69. The number of rotatable bonds is 3.